The van der Waals surface area contributed by atoms with Gasteiger partial charge in [0.15, 0.2) is 0 Å². The van der Waals surface area contributed by atoms with E-state index in [-0.39, 0.29) is 11.8 Å². The molecule has 0 bridgehead atoms. The molecule has 0 spiro atoms. The Morgan fingerprint density at radius 1 is 1.07 bits per heavy atom. The Hall–Kier alpha value is -3.09. The number of rotatable bonds is 5. The van der Waals surface area contributed by atoms with E-state index in [0.29, 0.717) is 44.2 Å². The monoisotopic (exact) mass is 368 g/mol. The molecule has 7 heteroatoms. The summed E-state index contributed by atoms with van der Waals surface area (Å²) in [6.45, 7) is 6.36. The summed E-state index contributed by atoms with van der Waals surface area (Å²) in [6, 6.07) is 11.0. The van der Waals surface area contributed by atoms with Gasteiger partial charge >= 0.3 is 0 Å². The van der Waals surface area contributed by atoms with Crippen LogP contribution in [-0.4, -0.2) is 59.4 Å². The lowest BCUT2D eigenvalue weighted by Crippen LogP contribution is -2.50. The van der Waals surface area contributed by atoms with E-state index >= 15 is 0 Å². The number of pyridine rings is 1. The molecule has 0 saturated carbocycles. The first kappa shape index (κ1) is 18.7. The molecule has 2 amide bonds. The van der Waals surface area contributed by atoms with Gasteiger partial charge in [0, 0.05) is 50.6 Å². The highest BCUT2D eigenvalue weighted by atomic mass is 16.5. The molecular formula is C20H24N4O3. The van der Waals surface area contributed by atoms with Crippen LogP contribution in [0.2, 0.25) is 0 Å². The quantitative estimate of drug-likeness (QED) is 0.878. The third-order valence-electron chi connectivity index (χ3n) is 4.46. The van der Waals surface area contributed by atoms with Gasteiger partial charge in [0.25, 0.3) is 5.91 Å². The van der Waals surface area contributed by atoms with Crippen molar-refractivity contribution in [1.82, 2.24) is 14.8 Å². The number of hydrogen-bond acceptors (Lipinski definition) is 5. The van der Waals surface area contributed by atoms with Crippen LogP contribution in [0.3, 0.4) is 0 Å². The summed E-state index contributed by atoms with van der Waals surface area (Å²) in [5, 5.41) is 3.20. The molecule has 1 N–H and O–H groups in total. The highest BCUT2D eigenvalue weighted by Crippen LogP contribution is 2.20. The van der Waals surface area contributed by atoms with Crippen molar-refractivity contribution in [1.29, 1.82) is 0 Å². The molecule has 2 heterocycles. The van der Waals surface area contributed by atoms with Crippen molar-refractivity contribution in [3.05, 3.63) is 48.2 Å². The van der Waals surface area contributed by atoms with E-state index in [1.807, 2.05) is 31.2 Å². The Morgan fingerprint density at radius 3 is 2.37 bits per heavy atom. The molecule has 1 aliphatic heterocycles. The Kier molecular flexibility index (Phi) is 5.90. The van der Waals surface area contributed by atoms with Gasteiger partial charge in [-0.25, -0.2) is 4.98 Å². The third-order valence-corrected chi connectivity index (χ3v) is 4.46. The first-order chi connectivity index (χ1) is 13.1. The minimum absolute atomic E-state index is 0.0460. The van der Waals surface area contributed by atoms with Crippen LogP contribution in [0.5, 0.6) is 5.75 Å². The van der Waals surface area contributed by atoms with E-state index < -0.39 is 0 Å². The molecule has 0 radical (unpaired) electrons. The van der Waals surface area contributed by atoms with E-state index in [9.17, 15) is 9.59 Å². The SMILES string of the molecule is CCOc1ccc(Nc2cc(C(=O)N3CCN(C(C)=O)CC3)ccn2)cc1. The van der Waals surface area contributed by atoms with Crippen molar-refractivity contribution in [3.63, 3.8) is 0 Å². The third kappa shape index (κ3) is 4.75. The van der Waals surface area contributed by atoms with Crippen LogP contribution in [-0.2, 0) is 4.79 Å². The van der Waals surface area contributed by atoms with Gasteiger partial charge in [0.2, 0.25) is 5.91 Å². The minimum atomic E-state index is -0.0460. The van der Waals surface area contributed by atoms with Gasteiger partial charge in [-0.1, -0.05) is 0 Å². The molecule has 1 aromatic heterocycles. The van der Waals surface area contributed by atoms with Gasteiger partial charge in [-0.05, 0) is 43.3 Å². The zero-order valence-electron chi connectivity index (χ0n) is 15.6. The van der Waals surface area contributed by atoms with Crippen LogP contribution in [0, 0.1) is 0 Å². The summed E-state index contributed by atoms with van der Waals surface area (Å²) in [4.78, 5) is 32.0. The molecule has 3 rings (SSSR count). The number of nitrogens with zero attached hydrogens (tertiary/aromatic N) is 3. The van der Waals surface area contributed by atoms with Gasteiger partial charge in [0.05, 0.1) is 6.61 Å². The minimum Gasteiger partial charge on any atom is -0.494 e. The van der Waals surface area contributed by atoms with Crippen molar-refractivity contribution in [2.45, 2.75) is 13.8 Å². The van der Waals surface area contributed by atoms with Gasteiger partial charge < -0.3 is 19.9 Å². The first-order valence-corrected chi connectivity index (χ1v) is 9.07. The van der Waals surface area contributed by atoms with Crippen LogP contribution in [0.1, 0.15) is 24.2 Å². The lowest BCUT2D eigenvalue weighted by atomic mass is 10.2. The summed E-state index contributed by atoms with van der Waals surface area (Å²) < 4.78 is 5.43. The molecule has 1 saturated heterocycles. The summed E-state index contributed by atoms with van der Waals surface area (Å²) in [7, 11) is 0. The van der Waals surface area contributed by atoms with Crippen LogP contribution in [0.25, 0.3) is 0 Å². The lowest BCUT2D eigenvalue weighted by molar-refractivity contribution is -0.130. The average Bonchev–Trinajstić information content (AvgIpc) is 2.69. The number of aromatic nitrogens is 1. The standard InChI is InChI=1S/C20H24N4O3/c1-3-27-18-6-4-17(5-7-18)22-19-14-16(8-9-21-19)20(26)24-12-10-23(11-13-24)15(2)25/h4-9,14H,3,10-13H2,1-2H3,(H,21,22). The summed E-state index contributed by atoms with van der Waals surface area (Å²) in [5.41, 5.74) is 1.44. The molecule has 1 fully saturated rings. The second-order valence-corrected chi connectivity index (χ2v) is 6.31. The highest BCUT2D eigenvalue weighted by Gasteiger charge is 2.23. The van der Waals surface area contributed by atoms with Gasteiger partial charge in [-0.3, -0.25) is 9.59 Å². The van der Waals surface area contributed by atoms with Crippen LogP contribution in [0.15, 0.2) is 42.6 Å². The highest BCUT2D eigenvalue weighted by molar-refractivity contribution is 5.95. The number of amides is 2. The van der Waals surface area contributed by atoms with E-state index in [1.165, 1.54) is 0 Å². The summed E-state index contributed by atoms with van der Waals surface area (Å²) >= 11 is 0. The van der Waals surface area contributed by atoms with Gasteiger partial charge in [0.1, 0.15) is 11.6 Å². The number of anilines is 2. The second kappa shape index (κ2) is 8.53. The summed E-state index contributed by atoms with van der Waals surface area (Å²) in [5.74, 6) is 1.42. The smallest absolute Gasteiger partial charge is 0.254 e. The number of benzene rings is 1. The molecule has 2 aromatic rings. The van der Waals surface area contributed by atoms with E-state index in [0.717, 1.165) is 11.4 Å². The molecular weight excluding hydrogens is 344 g/mol. The fourth-order valence-corrected chi connectivity index (χ4v) is 2.99. The summed E-state index contributed by atoms with van der Waals surface area (Å²) in [6.07, 6.45) is 1.62. The Morgan fingerprint density at radius 2 is 1.74 bits per heavy atom. The number of ether oxygens (including phenoxy) is 1. The van der Waals surface area contributed by atoms with Crippen molar-refractivity contribution in [2.24, 2.45) is 0 Å². The predicted octanol–water partition coefficient (Wildman–Crippen LogP) is 2.53. The maximum atomic E-state index is 12.7. The molecule has 0 unspecified atom stereocenters. The van der Waals surface area contributed by atoms with Gasteiger partial charge in [-0.15, -0.1) is 0 Å². The van der Waals surface area contributed by atoms with E-state index in [1.54, 1.807) is 35.1 Å². The predicted molar refractivity (Wildman–Crippen MR) is 103 cm³/mol. The fraction of sp³-hybridized carbons (Fsp3) is 0.350. The molecule has 0 aliphatic carbocycles. The lowest BCUT2D eigenvalue weighted by Gasteiger charge is -2.34. The van der Waals surface area contributed by atoms with Crippen molar-refractivity contribution < 1.29 is 14.3 Å². The van der Waals surface area contributed by atoms with Crippen LogP contribution < -0.4 is 10.1 Å². The molecule has 142 valence electrons. The number of piperazine rings is 1. The van der Waals surface area contributed by atoms with Gasteiger partial charge in [-0.2, -0.15) is 0 Å². The van der Waals surface area contributed by atoms with Crippen molar-refractivity contribution >= 4 is 23.3 Å². The van der Waals surface area contributed by atoms with Crippen LogP contribution in [0.4, 0.5) is 11.5 Å². The molecule has 7 nitrogen and oxygen atoms in total. The molecule has 1 aliphatic rings. The van der Waals surface area contributed by atoms with E-state index in [4.69, 9.17) is 4.74 Å². The Bertz CT molecular complexity index is 799. The molecule has 0 atom stereocenters. The number of hydrogen-bond donors (Lipinski definition) is 1. The Labute approximate surface area is 158 Å². The maximum absolute atomic E-state index is 12.7. The largest absolute Gasteiger partial charge is 0.494 e. The first-order valence-electron chi connectivity index (χ1n) is 9.07. The zero-order valence-corrected chi connectivity index (χ0v) is 15.6. The van der Waals surface area contributed by atoms with Crippen molar-refractivity contribution in [3.8, 4) is 5.75 Å². The molecule has 1 aromatic carbocycles. The number of carbonyl (C=O) groups excluding carboxylic acids is 2. The Balaban J connectivity index is 1.64. The second-order valence-electron chi connectivity index (χ2n) is 6.31. The normalized spacial score (nSPS) is 14.0. The zero-order chi connectivity index (χ0) is 19.2. The average molecular weight is 368 g/mol. The number of carbonyl (C=O) groups is 2. The van der Waals surface area contributed by atoms with E-state index in [2.05, 4.69) is 10.3 Å². The molecule has 27 heavy (non-hydrogen) atoms. The maximum Gasteiger partial charge on any atom is 0.254 e. The topological polar surface area (TPSA) is 74.8 Å². The van der Waals surface area contributed by atoms with Crippen molar-refractivity contribution in [2.75, 3.05) is 38.1 Å². The number of nitrogens with one attached hydrogen (secondary N) is 1. The van der Waals surface area contributed by atoms with Crippen LogP contribution >= 0.6 is 0 Å². The fourth-order valence-electron chi connectivity index (χ4n) is 2.99.